The van der Waals surface area contributed by atoms with Crippen LogP contribution in [-0.4, -0.2) is 26.8 Å². The van der Waals surface area contributed by atoms with Crippen LogP contribution in [0.2, 0.25) is 5.02 Å². The van der Waals surface area contributed by atoms with Crippen molar-refractivity contribution in [3.63, 3.8) is 0 Å². The molecule has 2 aromatic carbocycles. The summed E-state index contributed by atoms with van der Waals surface area (Å²) in [7, 11) is 3.67. The van der Waals surface area contributed by atoms with Crippen LogP contribution in [0.25, 0.3) is 22.8 Å². The second-order valence-corrected chi connectivity index (χ2v) is 7.37. The number of hydrogen-bond acceptors (Lipinski definition) is 5. The molecule has 148 valence electrons. The quantitative estimate of drug-likeness (QED) is 0.441. The Morgan fingerprint density at radius 2 is 1.93 bits per heavy atom. The molecule has 7 heteroatoms. The van der Waals surface area contributed by atoms with Gasteiger partial charge in [0, 0.05) is 47.4 Å². The maximum atomic E-state index is 6.06. The van der Waals surface area contributed by atoms with Crippen molar-refractivity contribution >= 4 is 11.6 Å². The summed E-state index contributed by atoms with van der Waals surface area (Å²) >= 11 is 6.06. The number of imidazole rings is 1. The summed E-state index contributed by atoms with van der Waals surface area (Å²) in [5.41, 5.74) is 2.96. The number of nitrogens with zero attached hydrogens (tertiary/aromatic N) is 4. The van der Waals surface area contributed by atoms with Crippen molar-refractivity contribution in [2.45, 2.75) is 19.3 Å². The number of halogens is 1. The van der Waals surface area contributed by atoms with Gasteiger partial charge in [0.1, 0.15) is 11.6 Å². The summed E-state index contributed by atoms with van der Waals surface area (Å²) in [6.07, 6.45) is 2.63. The third kappa shape index (κ3) is 4.03. The molecule has 0 amide bonds. The summed E-state index contributed by atoms with van der Waals surface area (Å²) in [6, 6.07) is 15.3. The molecule has 1 atom stereocenters. The highest BCUT2D eigenvalue weighted by molar-refractivity contribution is 6.30. The van der Waals surface area contributed by atoms with Crippen LogP contribution in [0, 0.1) is 0 Å². The number of hydrogen-bond donors (Lipinski definition) is 0. The first-order valence-electron chi connectivity index (χ1n) is 9.29. The minimum atomic E-state index is 0.0505. The molecule has 0 aliphatic rings. The first-order valence-corrected chi connectivity index (χ1v) is 9.67. The van der Waals surface area contributed by atoms with E-state index in [1.165, 1.54) is 0 Å². The van der Waals surface area contributed by atoms with Gasteiger partial charge in [-0.2, -0.15) is 4.98 Å². The van der Waals surface area contributed by atoms with Gasteiger partial charge in [0.15, 0.2) is 0 Å². The predicted octanol–water partition coefficient (Wildman–Crippen LogP) is 5.15. The Hall–Kier alpha value is -3.12. The Morgan fingerprint density at radius 1 is 1.14 bits per heavy atom. The highest BCUT2D eigenvalue weighted by atomic mass is 35.5. The Labute approximate surface area is 174 Å². The van der Waals surface area contributed by atoms with E-state index >= 15 is 0 Å². The standard InChI is InChI=1S/C22H21ClN4O2/c1-14(22-25-20(26-29-22)16-5-4-6-17(23)12-16)11-18-13-24-21(27(18)2)15-7-9-19(28-3)10-8-15/h4-10,12-14H,11H2,1-3H3. The number of rotatable bonds is 6. The van der Waals surface area contributed by atoms with E-state index in [1.807, 2.05) is 61.8 Å². The number of methoxy groups -OCH3 is 1. The lowest BCUT2D eigenvalue weighted by Gasteiger charge is -2.09. The van der Waals surface area contributed by atoms with Gasteiger partial charge in [0.25, 0.3) is 0 Å². The average Bonchev–Trinajstić information content (AvgIpc) is 3.36. The molecule has 4 aromatic rings. The third-order valence-corrected chi connectivity index (χ3v) is 5.13. The van der Waals surface area contributed by atoms with Crippen molar-refractivity contribution in [3.8, 4) is 28.5 Å². The molecule has 6 nitrogen and oxygen atoms in total. The van der Waals surface area contributed by atoms with E-state index in [1.54, 1.807) is 7.11 Å². The van der Waals surface area contributed by atoms with Crippen molar-refractivity contribution in [3.05, 3.63) is 71.3 Å². The molecule has 0 N–H and O–H groups in total. The van der Waals surface area contributed by atoms with Crippen molar-refractivity contribution < 1.29 is 9.26 Å². The van der Waals surface area contributed by atoms with E-state index in [4.69, 9.17) is 20.9 Å². The van der Waals surface area contributed by atoms with Crippen molar-refractivity contribution in [1.82, 2.24) is 19.7 Å². The van der Waals surface area contributed by atoms with Gasteiger partial charge in [-0.25, -0.2) is 4.98 Å². The molecule has 0 spiro atoms. The fourth-order valence-electron chi connectivity index (χ4n) is 3.22. The zero-order chi connectivity index (χ0) is 20.4. The lowest BCUT2D eigenvalue weighted by molar-refractivity contribution is 0.357. The minimum Gasteiger partial charge on any atom is -0.497 e. The SMILES string of the molecule is COc1ccc(-c2ncc(CC(C)c3nc(-c4cccc(Cl)c4)no3)n2C)cc1. The van der Waals surface area contributed by atoms with Crippen LogP contribution in [0.1, 0.15) is 24.4 Å². The smallest absolute Gasteiger partial charge is 0.230 e. The van der Waals surface area contributed by atoms with Crippen molar-refractivity contribution in [2.75, 3.05) is 7.11 Å². The molecule has 1 unspecified atom stereocenters. The summed E-state index contributed by atoms with van der Waals surface area (Å²) in [4.78, 5) is 9.14. The molecule has 29 heavy (non-hydrogen) atoms. The molecular weight excluding hydrogens is 388 g/mol. The monoisotopic (exact) mass is 408 g/mol. The molecule has 0 bridgehead atoms. The first kappa shape index (κ1) is 19.2. The molecule has 0 saturated carbocycles. The highest BCUT2D eigenvalue weighted by Crippen LogP contribution is 2.26. The third-order valence-electron chi connectivity index (χ3n) is 4.89. The fourth-order valence-corrected chi connectivity index (χ4v) is 3.41. The van der Waals surface area contributed by atoms with Crippen LogP contribution in [0.3, 0.4) is 0 Å². The maximum Gasteiger partial charge on any atom is 0.230 e. The second kappa shape index (κ2) is 8.09. The molecule has 0 aliphatic heterocycles. The summed E-state index contributed by atoms with van der Waals surface area (Å²) in [6.45, 7) is 2.06. The van der Waals surface area contributed by atoms with Gasteiger partial charge in [-0.3, -0.25) is 0 Å². The van der Waals surface area contributed by atoms with E-state index in [0.29, 0.717) is 16.7 Å². The first-order chi connectivity index (χ1) is 14.0. The molecule has 0 radical (unpaired) electrons. The average molecular weight is 409 g/mol. The van der Waals surface area contributed by atoms with Gasteiger partial charge < -0.3 is 13.8 Å². The molecule has 0 fully saturated rings. The van der Waals surface area contributed by atoms with E-state index in [2.05, 4.69) is 26.6 Å². The summed E-state index contributed by atoms with van der Waals surface area (Å²) in [5, 5.41) is 4.74. The van der Waals surface area contributed by atoms with Gasteiger partial charge in [-0.1, -0.05) is 35.8 Å². The van der Waals surface area contributed by atoms with Crippen LogP contribution < -0.4 is 4.74 Å². The maximum absolute atomic E-state index is 6.06. The molecule has 0 aliphatic carbocycles. The topological polar surface area (TPSA) is 66.0 Å². The van der Waals surface area contributed by atoms with E-state index in [-0.39, 0.29) is 5.92 Å². The normalized spacial score (nSPS) is 12.1. The second-order valence-electron chi connectivity index (χ2n) is 6.93. The van der Waals surface area contributed by atoms with Crippen LogP contribution in [-0.2, 0) is 13.5 Å². The number of benzene rings is 2. The van der Waals surface area contributed by atoms with Gasteiger partial charge in [-0.05, 0) is 36.4 Å². The number of ether oxygens (including phenoxy) is 1. The number of aromatic nitrogens is 4. The van der Waals surface area contributed by atoms with E-state index in [9.17, 15) is 0 Å². The zero-order valence-electron chi connectivity index (χ0n) is 16.5. The molecule has 0 saturated heterocycles. The Morgan fingerprint density at radius 3 is 2.66 bits per heavy atom. The van der Waals surface area contributed by atoms with E-state index < -0.39 is 0 Å². The molecular formula is C22H21ClN4O2. The van der Waals surface area contributed by atoms with Gasteiger partial charge in [0.05, 0.1) is 7.11 Å². The van der Waals surface area contributed by atoms with Gasteiger partial charge >= 0.3 is 0 Å². The largest absolute Gasteiger partial charge is 0.497 e. The molecule has 4 rings (SSSR count). The van der Waals surface area contributed by atoms with Crippen molar-refractivity contribution in [1.29, 1.82) is 0 Å². The van der Waals surface area contributed by atoms with Crippen LogP contribution in [0.5, 0.6) is 5.75 Å². The van der Waals surface area contributed by atoms with Crippen LogP contribution in [0.4, 0.5) is 0 Å². The minimum absolute atomic E-state index is 0.0505. The Bertz CT molecular complexity index is 1120. The lowest BCUT2D eigenvalue weighted by atomic mass is 10.1. The van der Waals surface area contributed by atoms with Crippen LogP contribution in [0.15, 0.2) is 59.3 Å². The predicted molar refractivity (Wildman–Crippen MR) is 112 cm³/mol. The van der Waals surface area contributed by atoms with Crippen LogP contribution >= 0.6 is 11.6 Å². The summed E-state index contributed by atoms with van der Waals surface area (Å²) in [5.74, 6) is 2.91. The highest BCUT2D eigenvalue weighted by Gasteiger charge is 2.19. The van der Waals surface area contributed by atoms with E-state index in [0.717, 1.165) is 34.8 Å². The summed E-state index contributed by atoms with van der Waals surface area (Å²) < 4.78 is 12.8. The fraction of sp³-hybridized carbons (Fsp3) is 0.227. The van der Waals surface area contributed by atoms with Gasteiger partial charge in [0.2, 0.25) is 11.7 Å². The Kier molecular flexibility index (Phi) is 5.36. The Balaban J connectivity index is 1.52. The lowest BCUT2D eigenvalue weighted by Crippen LogP contribution is -2.04. The van der Waals surface area contributed by atoms with Crippen molar-refractivity contribution in [2.24, 2.45) is 7.05 Å². The molecule has 2 heterocycles. The van der Waals surface area contributed by atoms with Gasteiger partial charge in [-0.15, -0.1) is 0 Å². The molecule has 2 aromatic heterocycles. The zero-order valence-corrected chi connectivity index (χ0v) is 17.2.